The molecule has 8 fully saturated rings. The Labute approximate surface area is 500 Å². The van der Waals surface area contributed by atoms with Crippen LogP contribution < -0.4 is 0 Å². The Morgan fingerprint density at radius 1 is 0.359 bits per heavy atom. The van der Waals surface area contributed by atoms with Crippen LogP contribution in [0.15, 0.2) is 121 Å². The fourth-order valence-corrected chi connectivity index (χ4v) is 18.3. The molecule has 78 heavy (non-hydrogen) atoms. The molecule has 0 nitrogen and oxygen atoms in total. The van der Waals surface area contributed by atoms with E-state index < -0.39 is 0 Å². The molecule has 0 heterocycles. The molecular weight excluding hydrogens is 1080 g/mol. The van der Waals surface area contributed by atoms with Crippen molar-refractivity contribution >= 4 is 53.2 Å². The summed E-state index contributed by atoms with van der Waals surface area (Å²) in [6.45, 7) is 20.8. The molecule has 2 radical (unpaired) electrons. The molecule has 0 amide bonds. The maximum absolute atomic E-state index is 3.06. The van der Waals surface area contributed by atoms with Crippen molar-refractivity contribution in [1.82, 2.24) is 0 Å². The second-order valence-corrected chi connectivity index (χ2v) is 26.4. The number of hydrogen-bond donors (Lipinski definition) is 0. The summed E-state index contributed by atoms with van der Waals surface area (Å²) in [6.07, 6.45) is 20.6. The predicted octanol–water partition coefficient (Wildman–Crippen LogP) is 21.1. The Hall–Kier alpha value is -3.78. The second kappa shape index (κ2) is 24.0. The summed E-state index contributed by atoms with van der Waals surface area (Å²) in [5.41, 5.74) is 26.0. The van der Waals surface area contributed by atoms with Crippen LogP contribution >= 0.6 is 24.8 Å². The van der Waals surface area contributed by atoms with Crippen LogP contribution in [0.1, 0.15) is 133 Å². The van der Waals surface area contributed by atoms with Gasteiger partial charge in [0.1, 0.15) is 0 Å². The fourth-order valence-electron chi connectivity index (χ4n) is 18.3. The van der Waals surface area contributed by atoms with Gasteiger partial charge in [0.15, 0.2) is 0 Å². The van der Waals surface area contributed by atoms with Crippen LogP contribution in [0, 0.1) is 117 Å². The average molecular weight is 1170 g/mol. The molecule has 0 aromatic heterocycles. The molecule has 8 aromatic carbocycles. The van der Waals surface area contributed by atoms with Crippen LogP contribution in [-0.4, -0.2) is 6.88 Å². The Bertz CT molecular complexity index is 2900. The van der Waals surface area contributed by atoms with E-state index in [4.69, 9.17) is 0 Å². The summed E-state index contributed by atoms with van der Waals surface area (Å²) >= 11 is 1.36. The van der Waals surface area contributed by atoms with E-state index in [1.165, 1.54) is 224 Å². The van der Waals surface area contributed by atoms with Gasteiger partial charge >= 0.3 is 30.2 Å². The van der Waals surface area contributed by atoms with Crippen molar-refractivity contribution in [3.8, 4) is 44.5 Å². The zero-order valence-corrected chi connectivity index (χ0v) is 53.8. The molecule has 0 spiro atoms. The number of benzene rings is 6. The van der Waals surface area contributed by atoms with Gasteiger partial charge in [-0.25, -0.2) is 0 Å². The van der Waals surface area contributed by atoms with E-state index in [1.807, 2.05) is 0 Å². The van der Waals surface area contributed by atoms with E-state index in [9.17, 15) is 0 Å². The zero-order valence-electron chi connectivity index (χ0n) is 48.7. The van der Waals surface area contributed by atoms with Gasteiger partial charge in [-0.05, 0) is 203 Å². The summed E-state index contributed by atoms with van der Waals surface area (Å²) < 4.78 is 0. The van der Waals surface area contributed by atoms with E-state index in [0.29, 0.717) is 10.8 Å². The molecule has 0 saturated heterocycles. The SMILES string of the molecule is Cc1cc(C)cc(-c2ccc(-c3cc(C)cc(C)c3)c3[cH-]c(CC45CC6CC(CC(C6)C4)C5)cc23)c1.Cc1cc(C)cc(-c2ccc(-c3cc(C)cc(C)c3)c3[cH-]c(CC45CC6CC(CC(C6)C4)C5)cc23)c1.Cl.Cl.[CH3-].[CH3-].[Si]=[Zr]. The number of hydrogen-bond acceptors (Lipinski definition) is 0. The summed E-state index contributed by atoms with van der Waals surface area (Å²) in [6, 6.07) is 47.9. The third-order valence-corrected chi connectivity index (χ3v) is 19.5. The molecule has 408 valence electrons. The van der Waals surface area contributed by atoms with E-state index in [2.05, 4.69) is 184 Å². The topological polar surface area (TPSA) is 0 Å². The van der Waals surface area contributed by atoms with Gasteiger partial charge < -0.3 is 14.9 Å². The molecule has 0 N–H and O–H groups in total. The van der Waals surface area contributed by atoms with Crippen LogP contribution in [0.3, 0.4) is 0 Å². The van der Waals surface area contributed by atoms with E-state index in [1.54, 1.807) is 11.1 Å². The fraction of sp³-hybridized carbons (Fsp3) is 0.405. The van der Waals surface area contributed by atoms with E-state index in [0.717, 1.165) is 35.5 Å². The van der Waals surface area contributed by atoms with Gasteiger partial charge in [-0.1, -0.05) is 175 Å². The third kappa shape index (κ3) is 12.1. The van der Waals surface area contributed by atoms with Gasteiger partial charge in [0.05, 0.1) is 0 Å². The van der Waals surface area contributed by atoms with Gasteiger partial charge in [-0.15, -0.1) is 69.6 Å². The van der Waals surface area contributed by atoms with Crippen LogP contribution in [0.2, 0.25) is 0 Å². The number of aryl methyl sites for hydroxylation is 8. The van der Waals surface area contributed by atoms with Crippen molar-refractivity contribution in [2.45, 2.75) is 145 Å². The minimum atomic E-state index is 0. The summed E-state index contributed by atoms with van der Waals surface area (Å²) in [7, 11) is 0. The summed E-state index contributed by atoms with van der Waals surface area (Å²) in [5, 5.41) is 5.76. The molecule has 8 aliphatic rings. The Morgan fingerprint density at radius 3 is 0.821 bits per heavy atom. The summed E-state index contributed by atoms with van der Waals surface area (Å²) in [4.78, 5) is 0. The molecular formula is C74H86Cl2SiZr-4. The molecule has 8 aliphatic carbocycles. The summed E-state index contributed by atoms with van der Waals surface area (Å²) in [5.74, 6) is 6.07. The van der Waals surface area contributed by atoms with Crippen molar-refractivity contribution in [2.24, 2.45) is 46.3 Å². The minimum absolute atomic E-state index is 0. The van der Waals surface area contributed by atoms with Crippen molar-refractivity contribution in [3.05, 3.63) is 192 Å². The van der Waals surface area contributed by atoms with Crippen LogP contribution in [0.25, 0.3) is 66.1 Å². The molecule has 0 unspecified atom stereocenters. The van der Waals surface area contributed by atoms with Gasteiger partial charge in [-0.2, -0.15) is 12.1 Å². The third-order valence-electron chi connectivity index (χ3n) is 19.5. The van der Waals surface area contributed by atoms with Crippen molar-refractivity contribution in [2.75, 3.05) is 0 Å². The molecule has 16 rings (SSSR count). The molecule has 8 aromatic rings. The molecule has 4 heteroatoms. The zero-order chi connectivity index (χ0) is 51.2. The monoisotopic (exact) mass is 1160 g/mol. The Morgan fingerprint density at radius 2 is 0.577 bits per heavy atom. The number of fused-ring (bicyclic) bond motifs is 2. The first-order chi connectivity index (χ1) is 35.6. The quantitative estimate of drug-likeness (QED) is 0.105. The molecule has 8 bridgehead atoms. The number of halogens is 2. The first kappa shape index (κ1) is 60.3. The Balaban J connectivity index is 0.000000190. The van der Waals surface area contributed by atoms with Gasteiger partial charge in [-0.3, -0.25) is 0 Å². The maximum atomic E-state index is 3.06. The van der Waals surface area contributed by atoms with Crippen molar-refractivity contribution in [3.63, 3.8) is 0 Å². The predicted molar refractivity (Wildman–Crippen MR) is 340 cm³/mol. The Kier molecular flexibility index (Phi) is 18.5. The van der Waals surface area contributed by atoms with Gasteiger partial charge in [0.25, 0.3) is 0 Å². The molecule has 8 saturated carbocycles. The van der Waals surface area contributed by atoms with Crippen molar-refractivity contribution < 1.29 is 23.3 Å². The average Bonchev–Trinajstić information content (AvgIpc) is 3.93. The van der Waals surface area contributed by atoms with Crippen LogP contribution in [0.4, 0.5) is 0 Å². The van der Waals surface area contributed by atoms with Crippen LogP contribution in [0.5, 0.6) is 0 Å². The standard InChI is InChI=1S/2C36H39.2CH3.2ClH.Si.Zr/c2*1-22-7-23(2)10-30(9-22)32-5-6-33(31-11-24(3)8-25(4)12-31)35-17-29(16-34(32)35)21-36-18-26-13-27(19-36)15-28(14-26)20-36;;;;;;/h2*5-12,16-17,26-28H,13-15,18-21H2,1-4H3;2*1H3;2*1H;;/q4*-1;;;;. The van der Waals surface area contributed by atoms with E-state index >= 15 is 0 Å². The first-order valence-corrected chi connectivity index (χ1v) is 32.9. The van der Waals surface area contributed by atoms with E-state index in [-0.39, 0.29) is 39.7 Å². The van der Waals surface area contributed by atoms with Gasteiger partial charge in [0.2, 0.25) is 0 Å². The first-order valence-electron chi connectivity index (χ1n) is 28.7. The van der Waals surface area contributed by atoms with Crippen molar-refractivity contribution in [1.29, 1.82) is 0 Å². The van der Waals surface area contributed by atoms with Crippen LogP contribution in [-0.2, 0) is 36.2 Å². The second-order valence-electron chi connectivity index (χ2n) is 26.4. The molecule has 0 aliphatic heterocycles. The number of rotatable bonds is 8. The molecule has 0 atom stereocenters. The normalized spacial score (nSPS) is 24.7. The van der Waals surface area contributed by atoms with Gasteiger partial charge in [0, 0.05) is 0 Å².